The fourth-order valence-corrected chi connectivity index (χ4v) is 14.0. The summed E-state index contributed by atoms with van der Waals surface area (Å²) < 4.78 is 23.3. The normalized spacial score (nSPS) is 44.0. The molecule has 9 heterocycles. The Morgan fingerprint density at radius 1 is 1.10 bits per heavy atom. The molecule has 3 aromatic rings. The van der Waals surface area contributed by atoms with Gasteiger partial charge in [-0.25, -0.2) is 4.79 Å². The van der Waals surface area contributed by atoms with Crippen LogP contribution in [0.4, 0.5) is 5.69 Å². The van der Waals surface area contributed by atoms with Gasteiger partial charge >= 0.3 is 5.97 Å². The highest BCUT2D eigenvalue weighted by Crippen LogP contribution is 2.73. The summed E-state index contributed by atoms with van der Waals surface area (Å²) in [5, 5.41) is 13.0. The Hall–Kier alpha value is -3.21. The van der Waals surface area contributed by atoms with Gasteiger partial charge in [0.15, 0.2) is 17.1 Å². The van der Waals surface area contributed by atoms with Crippen molar-refractivity contribution in [3.05, 3.63) is 77.0 Å². The summed E-state index contributed by atoms with van der Waals surface area (Å²) in [7, 11) is 6.06. The van der Waals surface area contributed by atoms with Gasteiger partial charge in [0.2, 0.25) is 0 Å². The lowest BCUT2D eigenvalue weighted by atomic mass is 9.51. The number of rotatable bonds is 2. The van der Waals surface area contributed by atoms with Gasteiger partial charge in [0.25, 0.3) is 0 Å². The number of allylic oxidation sites excluding steroid dienone is 1. The summed E-state index contributed by atoms with van der Waals surface area (Å²) >= 11 is 0. The van der Waals surface area contributed by atoms with Crippen LogP contribution < -0.4 is 4.90 Å². The molecule has 0 saturated carbocycles. The first-order valence-corrected chi connectivity index (χ1v) is 19.3. The lowest BCUT2D eigenvalue weighted by Crippen LogP contribution is -2.88. The van der Waals surface area contributed by atoms with Crippen LogP contribution in [0.5, 0.6) is 0 Å². The number of nitrogens with zero attached hydrogens (tertiary/aromatic N) is 4. The van der Waals surface area contributed by atoms with Crippen LogP contribution in [-0.4, -0.2) is 95.0 Å². The second kappa shape index (κ2) is 10.1. The first kappa shape index (κ1) is 31.3. The molecular weight excluding hydrogens is 640 g/mol. The monoisotopic (exact) mass is 690 g/mol. The van der Waals surface area contributed by atoms with Crippen LogP contribution in [0.25, 0.3) is 10.9 Å². The average molecular weight is 691 g/mol. The van der Waals surface area contributed by atoms with E-state index in [0.29, 0.717) is 30.5 Å². The summed E-state index contributed by atoms with van der Waals surface area (Å²) in [6, 6.07) is 18.4. The molecule has 8 aliphatic heterocycles. The molecule has 0 radical (unpaired) electrons. The van der Waals surface area contributed by atoms with E-state index in [2.05, 4.69) is 102 Å². The molecule has 51 heavy (non-hydrogen) atoms. The molecule has 1 aromatic heterocycles. The predicted octanol–water partition coefficient (Wildman–Crippen LogP) is 4.91. The number of aliphatic hydroxyl groups is 1. The average Bonchev–Trinajstić information content (AvgIpc) is 3.57. The Labute approximate surface area is 300 Å². The summed E-state index contributed by atoms with van der Waals surface area (Å²) in [5.74, 6) is -0.444. The number of para-hydroxylation sites is 2. The standard InChI is InChI=1S/C42H50N4O5/c1-6-24-21-45-16-15-40-20-31-26-17-35-37-27(25-11-7-9-13-32(25)44(37)4)18-34(43(35)3)28(26)22-50-39(31,2)51-42(40)36(45)19-30(24)41(23-47,38(48)49-5)46(42)33-14-10-8-12-29(33)40/h6-14,26,28,30-31,34-36,47H,15-23H2,1-5H3. The lowest BCUT2D eigenvalue weighted by Gasteiger charge is -2.74. The van der Waals surface area contributed by atoms with Crippen LogP contribution in [0.2, 0.25) is 0 Å². The molecule has 11 unspecified atom stereocenters. The Balaban J connectivity index is 1.09. The van der Waals surface area contributed by atoms with E-state index >= 15 is 0 Å². The second-order valence-electron chi connectivity index (χ2n) is 17.3. The molecular formula is C42H50N4O5. The maximum Gasteiger partial charge on any atom is 0.334 e. The molecule has 11 rings (SSSR count). The van der Waals surface area contributed by atoms with E-state index in [-0.39, 0.29) is 35.9 Å². The highest BCUT2D eigenvalue weighted by atomic mass is 16.7. The first-order chi connectivity index (χ1) is 24.7. The molecule has 2 aromatic carbocycles. The topological polar surface area (TPSA) is 79.6 Å². The van der Waals surface area contributed by atoms with Crippen molar-refractivity contribution in [3.8, 4) is 0 Å². The number of carbonyl (C=O) groups is 1. The van der Waals surface area contributed by atoms with Crippen molar-refractivity contribution >= 4 is 22.6 Å². The van der Waals surface area contributed by atoms with E-state index in [4.69, 9.17) is 14.2 Å². The molecule has 0 aliphatic carbocycles. The summed E-state index contributed by atoms with van der Waals surface area (Å²) in [4.78, 5) is 22.0. The minimum Gasteiger partial charge on any atom is -0.467 e. The Kier molecular flexibility index (Phi) is 6.17. The van der Waals surface area contributed by atoms with E-state index < -0.39 is 17.1 Å². The third-order valence-electron chi connectivity index (χ3n) is 16.0. The van der Waals surface area contributed by atoms with Crippen molar-refractivity contribution in [3.63, 3.8) is 0 Å². The zero-order chi connectivity index (χ0) is 34.8. The fraction of sp³-hybridized carbons (Fsp3) is 0.595. The van der Waals surface area contributed by atoms with Crippen molar-refractivity contribution in [2.45, 2.75) is 86.5 Å². The highest BCUT2D eigenvalue weighted by Gasteiger charge is 2.82. The Bertz CT molecular complexity index is 2040. The molecule has 268 valence electrons. The molecule has 9 nitrogen and oxygen atoms in total. The smallest absolute Gasteiger partial charge is 0.334 e. The van der Waals surface area contributed by atoms with Gasteiger partial charge < -0.3 is 28.8 Å². The van der Waals surface area contributed by atoms with Gasteiger partial charge in [0.1, 0.15) is 0 Å². The number of methoxy groups -OCH3 is 1. The molecule has 6 saturated heterocycles. The number of fused-ring (bicyclic) bond motifs is 13. The van der Waals surface area contributed by atoms with Crippen molar-refractivity contribution in [1.82, 2.24) is 14.4 Å². The highest BCUT2D eigenvalue weighted by molar-refractivity contribution is 5.91. The number of aryl methyl sites for hydroxylation is 1. The summed E-state index contributed by atoms with van der Waals surface area (Å²) in [5.41, 5.74) is 5.19. The quantitative estimate of drug-likeness (QED) is 0.301. The van der Waals surface area contributed by atoms with Crippen molar-refractivity contribution in [2.24, 2.45) is 30.7 Å². The van der Waals surface area contributed by atoms with Gasteiger partial charge in [-0.05, 0) is 82.2 Å². The van der Waals surface area contributed by atoms with Crippen LogP contribution in [0.1, 0.15) is 62.4 Å². The van der Waals surface area contributed by atoms with Crippen LogP contribution >= 0.6 is 0 Å². The molecule has 9 heteroatoms. The van der Waals surface area contributed by atoms with Gasteiger partial charge in [-0.2, -0.15) is 0 Å². The third-order valence-corrected chi connectivity index (χ3v) is 16.0. The number of anilines is 1. The van der Waals surface area contributed by atoms with Gasteiger partial charge in [-0.15, -0.1) is 0 Å². The van der Waals surface area contributed by atoms with E-state index in [0.717, 1.165) is 50.9 Å². The van der Waals surface area contributed by atoms with Gasteiger partial charge in [-0.1, -0.05) is 48.0 Å². The number of piperidine rings is 4. The van der Waals surface area contributed by atoms with Crippen molar-refractivity contribution < 1.29 is 24.1 Å². The summed E-state index contributed by atoms with van der Waals surface area (Å²) in [6.07, 6.45) is 6.85. The van der Waals surface area contributed by atoms with Crippen LogP contribution in [0.15, 0.2) is 60.2 Å². The molecule has 6 fully saturated rings. The number of aliphatic hydroxyl groups excluding tert-OH is 1. The number of benzene rings is 2. The molecule has 1 N–H and O–H groups in total. The maximum atomic E-state index is 14.4. The fourth-order valence-electron chi connectivity index (χ4n) is 14.0. The molecule has 8 aliphatic rings. The van der Waals surface area contributed by atoms with Gasteiger partial charge in [-0.3, -0.25) is 9.80 Å². The Morgan fingerprint density at radius 3 is 2.71 bits per heavy atom. The first-order valence-electron chi connectivity index (χ1n) is 19.3. The minimum atomic E-state index is -1.32. The number of likely N-dealkylation sites (N-methyl/N-ethyl adjacent to an activating group) is 1. The molecule has 11 atom stereocenters. The second-order valence-corrected chi connectivity index (χ2v) is 17.3. The van der Waals surface area contributed by atoms with Crippen molar-refractivity contribution in [1.29, 1.82) is 0 Å². The lowest BCUT2D eigenvalue weighted by molar-refractivity contribution is -0.403. The van der Waals surface area contributed by atoms with Crippen LogP contribution in [-0.2, 0) is 37.9 Å². The SMILES string of the molecule is CC=C1CN2CCC34CC5C6CC7c8c(c9ccccc9n8C)CC(C6COC5(C)OC35C2CC1C(CO)(C(=O)OC)N5c1ccccc14)N7C. The number of carbonyl (C=O) groups excluding carboxylic acids is 1. The molecule has 4 bridgehead atoms. The van der Waals surface area contributed by atoms with E-state index in [1.165, 1.54) is 40.4 Å². The largest absolute Gasteiger partial charge is 0.467 e. The van der Waals surface area contributed by atoms with E-state index in [1.54, 1.807) is 0 Å². The maximum absolute atomic E-state index is 14.4. The van der Waals surface area contributed by atoms with Crippen molar-refractivity contribution in [2.75, 3.05) is 45.4 Å². The third kappa shape index (κ3) is 3.33. The van der Waals surface area contributed by atoms with Gasteiger partial charge in [0, 0.05) is 71.6 Å². The van der Waals surface area contributed by atoms with Crippen LogP contribution in [0, 0.1) is 23.7 Å². The minimum absolute atomic E-state index is 0.0333. The van der Waals surface area contributed by atoms with E-state index in [9.17, 15) is 9.90 Å². The zero-order valence-corrected chi connectivity index (χ0v) is 30.5. The molecule has 1 spiro atoms. The summed E-state index contributed by atoms with van der Waals surface area (Å²) in [6.45, 7) is 6.32. The number of hydrogen-bond acceptors (Lipinski definition) is 8. The zero-order valence-electron chi connectivity index (χ0n) is 30.5. The predicted molar refractivity (Wildman–Crippen MR) is 193 cm³/mol. The number of ether oxygens (including phenoxy) is 3. The van der Waals surface area contributed by atoms with E-state index in [1.807, 2.05) is 0 Å². The van der Waals surface area contributed by atoms with Gasteiger partial charge in [0.05, 0.1) is 32.4 Å². The Morgan fingerprint density at radius 2 is 1.90 bits per heavy atom. The number of esters is 1. The number of hydrogen-bond donors (Lipinski definition) is 1. The number of aromatic nitrogens is 1. The van der Waals surface area contributed by atoms with Crippen LogP contribution in [0.3, 0.4) is 0 Å². The molecule has 0 amide bonds.